The van der Waals surface area contributed by atoms with Gasteiger partial charge in [0.05, 0.1) is 6.10 Å². The van der Waals surface area contributed by atoms with E-state index in [0.29, 0.717) is 5.56 Å². The van der Waals surface area contributed by atoms with Crippen LogP contribution in [0.4, 0.5) is 4.39 Å². The molecule has 0 fully saturated rings. The molecule has 0 spiro atoms. The number of halogens is 1. The number of fused-ring (bicyclic) bond motifs is 1. The molecule has 0 saturated carbocycles. The van der Waals surface area contributed by atoms with E-state index in [9.17, 15) is 9.50 Å². The summed E-state index contributed by atoms with van der Waals surface area (Å²) in [5.74, 6) is -0.224. The third-order valence-electron chi connectivity index (χ3n) is 3.55. The summed E-state index contributed by atoms with van der Waals surface area (Å²) in [5, 5.41) is 10.6. The second-order valence-corrected chi connectivity index (χ2v) is 6.20. The largest absolute Gasteiger partial charge is 0.387 e. The average Bonchev–Trinajstić information content (AvgIpc) is 2.85. The molecule has 1 heterocycles. The van der Waals surface area contributed by atoms with Crippen molar-refractivity contribution in [2.24, 2.45) is 0 Å². The van der Waals surface area contributed by atoms with Gasteiger partial charge in [0, 0.05) is 10.1 Å². The molecule has 2 atom stereocenters. The minimum Gasteiger partial charge on any atom is -0.387 e. The second-order valence-electron chi connectivity index (χ2n) is 4.92. The molecule has 0 radical (unpaired) electrons. The maximum absolute atomic E-state index is 13.3. The van der Waals surface area contributed by atoms with E-state index in [1.807, 2.05) is 12.1 Å². The molecule has 98 valence electrons. The number of benzene rings is 2. The van der Waals surface area contributed by atoms with Gasteiger partial charge >= 0.3 is 0 Å². The summed E-state index contributed by atoms with van der Waals surface area (Å²) in [4.78, 5) is 1.24. The van der Waals surface area contributed by atoms with E-state index in [1.165, 1.54) is 16.5 Å². The Morgan fingerprint density at radius 1 is 1.26 bits per heavy atom. The summed E-state index contributed by atoms with van der Waals surface area (Å²) in [6, 6.07) is 13.1. The summed E-state index contributed by atoms with van der Waals surface area (Å²) >= 11 is 1.71. The quantitative estimate of drug-likeness (QED) is 0.896. The Bertz CT molecular complexity index is 586. The zero-order valence-electron chi connectivity index (χ0n) is 10.6. The standard InChI is InChI=1S/C16H15FOS/c1-10-8-12(6-7-13(10)17)16(18)15-9-11-4-2-3-5-14(11)19-15/h2-8,15-16,18H,9H2,1H3. The van der Waals surface area contributed by atoms with E-state index in [1.54, 1.807) is 30.8 Å². The van der Waals surface area contributed by atoms with Crippen LogP contribution in [0.5, 0.6) is 0 Å². The highest BCUT2D eigenvalue weighted by Crippen LogP contribution is 2.42. The molecule has 0 bridgehead atoms. The van der Waals surface area contributed by atoms with Crippen molar-refractivity contribution in [1.29, 1.82) is 0 Å². The summed E-state index contributed by atoms with van der Waals surface area (Å²) in [7, 11) is 0. The van der Waals surface area contributed by atoms with E-state index >= 15 is 0 Å². The number of thioether (sulfide) groups is 1. The molecular weight excluding hydrogens is 259 g/mol. The van der Waals surface area contributed by atoms with Gasteiger partial charge in [-0.25, -0.2) is 4.39 Å². The number of hydrogen-bond donors (Lipinski definition) is 1. The first-order valence-electron chi connectivity index (χ1n) is 6.34. The summed E-state index contributed by atoms with van der Waals surface area (Å²) < 4.78 is 13.3. The number of aliphatic hydroxyl groups excluding tert-OH is 1. The molecule has 0 aliphatic carbocycles. The van der Waals surface area contributed by atoms with Crippen LogP contribution in [0.2, 0.25) is 0 Å². The van der Waals surface area contributed by atoms with Crippen LogP contribution >= 0.6 is 11.8 Å². The molecule has 0 aromatic heterocycles. The van der Waals surface area contributed by atoms with Crippen LogP contribution in [0, 0.1) is 12.7 Å². The highest BCUT2D eigenvalue weighted by Gasteiger charge is 2.29. The lowest BCUT2D eigenvalue weighted by Gasteiger charge is -2.18. The van der Waals surface area contributed by atoms with Crippen molar-refractivity contribution < 1.29 is 9.50 Å². The summed E-state index contributed by atoms with van der Waals surface area (Å²) in [6.07, 6.45) is 0.301. The third-order valence-corrected chi connectivity index (χ3v) is 4.93. The predicted molar refractivity (Wildman–Crippen MR) is 75.9 cm³/mol. The van der Waals surface area contributed by atoms with Gasteiger partial charge in [0.2, 0.25) is 0 Å². The minimum atomic E-state index is -0.559. The molecule has 3 rings (SSSR count). The van der Waals surface area contributed by atoms with Crippen molar-refractivity contribution in [3.63, 3.8) is 0 Å². The summed E-state index contributed by atoms with van der Waals surface area (Å²) in [5.41, 5.74) is 2.66. The highest BCUT2D eigenvalue weighted by atomic mass is 32.2. The third kappa shape index (κ3) is 2.40. The van der Waals surface area contributed by atoms with E-state index < -0.39 is 6.10 Å². The van der Waals surface area contributed by atoms with Gasteiger partial charge in [-0.05, 0) is 42.2 Å². The monoisotopic (exact) mass is 274 g/mol. The molecule has 3 heteroatoms. The van der Waals surface area contributed by atoms with Crippen molar-refractivity contribution in [2.75, 3.05) is 0 Å². The normalized spacial score (nSPS) is 19.2. The molecule has 2 aromatic rings. The topological polar surface area (TPSA) is 20.2 Å². The number of aryl methyl sites for hydroxylation is 1. The maximum Gasteiger partial charge on any atom is 0.126 e. The van der Waals surface area contributed by atoms with Crippen LogP contribution in [0.1, 0.15) is 22.8 Å². The number of aliphatic hydroxyl groups is 1. The Hall–Kier alpha value is -1.32. The molecular formula is C16H15FOS. The Labute approximate surface area is 116 Å². The van der Waals surface area contributed by atoms with Crippen molar-refractivity contribution >= 4 is 11.8 Å². The zero-order chi connectivity index (χ0) is 13.4. The fourth-order valence-electron chi connectivity index (χ4n) is 2.45. The van der Waals surface area contributed by atoms with Gasteiger partial charge in [0.25, 0.3) is 0 Å². The summed E-state index contributed by atoms with van der Waals surface area (Å²) in [6.45, 7) is 1.72. The van der Waals surface area contributed by atoms with Gasteiger partial charge in [-0.15, -0.1) is 11.8 Å². The Morgan fingerprint density at radius 3 is 2.79 bits per heavy atom. The van der Waals surface area contributed by atoms with E-state index in [0.717, 1.165) is 12.0 Å². The lowest BCUT2D eigenvalue weighted by Crippen LogP contribution is -2.14. The lowest BCUT2D eigenvalue weighted by molar-refractivity contribution is 0.175. The van der Waals surface area contributed by atoms with Crippen molar-refractivity contribution in [3.8, 4) is 0 Å². The smallest absolute Gasteiger partial charge is 0.126 e. The fourth-order valence-corrected chi connectivity index (χ4v) is 3.79. The first-order valence-corrected chi connectivity index (χ1v) is 7.22. The molecule has 0 amide bonds. The molecule has 0 saturated heterocycles. The van der Waals surface area contributed by atoms with Gasteiger partial charge in [-0.3, -0.25) is 0 Å². The highest BCUT2D eigenvalue weighted by molar-refractivity contribution is 8.00. The molecule has 1 nitrogen and oxygen atoms in total. The first kappa shape index (κ1) is 12.7. The maximum atomic E-state index is 13.3. The molecule has 1 aliphatic rings. The van der Waals surface area contributed by atoms with Crippen LogP contribution < -0.4 is 0 Å². The van der Waals surface area contributed by atoms with Crippen LogP contribution in [0.25, 0.3) is 0 Å². The van der Waals surface area contributed by atoms with Gasteiger partial charge in [-0.2, -0.15) is 0 Å². The van der Waals surface area contributed by atoms with Crippen LogP contribution in [0.15, 0.2) is 47.4 Å². The van der Waals surface area contributed by atoms with Crippen LogP contribution in [-0.2, 0) is 6.42 Å². The second kappa shape index (κ2) is 4.99. The average molecular weight is 274 g/mol. The molecule has 1 N–H and O–H groups in total. The minimum absolute atomic E-state index is 0.113. The van der Waals surface area contributed by atoms with E-state index in [4.69, 9.17) is 0 Å². The van der Waals surface area contributed by atoms with Crippen molar-refractivity contribution in [1.82, 2.24) is 0 Å². The Morgan fingerprint density at radius 2 is 2.05 bits per heavy atom. The van der Waals surface area contributed by atoms with Crippen molar-refractivity contribution in [2.45, 2.75) is 29.6 Å². The Kier molecular flexibility index (Phi) is 3.33. The fraction of sp³-hybridized carbons (Fsp3) is 0.250. The van der Waals surface area contributed by atoms with Crippen LogP contribution in [0.3, 0.4) is 0 Å². The van der Waals surface area contributed by atoms with Gasteiger partial charge in [0.15, 0.2) is 0 Å². The molecule has 2 unspecified atom stereocenters. The van der Waals surface area contributed by atoms with Gasteiger partial charge < -0.3 is 5.11 Å². The Balaban J connectivity index is 1.82. The molecule has 1 aliphatic heterocycles. The molecule has 19 heavy (non-hydrogen) atoms. The van der Waals surface area contributed by atoms with E-state index in [2.05, 4.69) is 12.1 Å². The SMILES string of the molecule is Cc1cc(C(O)C2Cc3ccccc3S2)ccc1F. The first-order chi connectivity index (χ1) is 9.15. The van der Waals surface area contributed by atoms with Crippen molar-refractivity contribution in [3.05, 3.63) is 65.0 Å². The van der Waals surface area contributed by atoms with Gasteiger partial charge in [-0.1, -0.05) is 30.3 Å². The lowest BCUT2D eigenvalue weighted by atomic mass is 10.00. The molecule has 2 aromatic carbocycles. The zero-order valence-corrected chi connectivity index (χ0v) is 11.5. The van der Waals surface area contributed by atoms with Crippen LogP contribution in [-0.4, -0.2) is 10.4 Å². The number of rotatable bonds is 2. The predicted octanol–water partition coefficient (Wildman–Crippen LogP) is 3.88. The van der Waals surface area contributed by atoms with E-state index in [-0.39, 0.29) is 11.1 Å². The van der Waals surface area contributed by atoms with Gasteiger partial charge in [0.1, 0.15) is 5.82 Å². The number of hydrogen-bond acceptors (Lipinski definition) is 2.